The van der Waals surface area contributed by atoms with E-state index in [-0.39, 0.29) is 11.8 Å². The van der Waals surface area contributed by atoms with Crippen LogP contribution in [-0.2, 0) is 14.8 Å². The number of ether oxygens (including phenoxy) is 1. The molecule has 16 heavy (non-hydrogen) atoms. The monoisotopic (exact) mass is 246 g/mol. The fourth-order valence-corrected chi connectivity index (χ4v) is 3.69. The Bertz CT molecular complexity index is 342. The Morgan fingerprint density at radius 1 is 1.44 bits per heavy atom. The summed E-state index contributed by atoms with van der Waals surface area (Å²) in [5.41, 5.74) is 0. The molecule has 5 nitrogen and oxygen atoms in total. The van der Waals surface area contributed by atoms with Gasteiger partial charge in [0.2, 0.25) is 10.0 Å². The predicted octanol–water partition coefficient (Wildman–Crippen LogP) is 0.731. The Labute approximate surface area is 97.0 Å². The molecule has 92 valence electrons. The first-order valence-electron chi connectivity index (χ1n) is 5.56. The summed E-state index contributed by atoms with van der Waals surface area (Å²) in [5.74, 6) is 0. The third-order valence-electron chi connectivity index (χ3n) is 2.67. The van der Waals surface area contributed by atoms with Gasteiger partial charge in [-0.2, -0.15) is 9.57 Å². The van der Waals surface area contributed by atoms with Crippen LogP contribution in [0.4, 0.5) is 0 Å². The minimum absolute atomic E-state index is 0.0481. The summed E-state index contributed by atoms with van der Waals surface area (Å²) in [6.07, 6.45) is 1.80. The van der Waals surface area contributed by atoms with Gasteiger partial charge in [-0.1, -0.05) is 6.92 Å². The lowest BCUT2D eigenvalue weighted by Crippen LogP contribution is -2.42. The van der Waals surface area contributed by atoms with E-state index in [1.165, 1.54) is 4.31 Å². The molecule has 1 aliphatic rings. The molecule has 0 amide bonds. The molecule has 1 rings (SSSR count). The highest BCUT2D eigenvalue weighted by atomic mass is 32.2. The first-order chi connectivity index (χ1) is 7.62. The summed E-state index contributed by atoms with van der Waals surface area (Å²) in [4.78, 5) is 0. The molecule has 0 N–H and O–H groups in total. The molecule has 0 atom stereocenters. The molecular weight excluding hydrogens is 228 g/mol. The second-order valence-corrected chi connectivity index (χ2v) is 6.06. The van der Waals surface area contributed by atoms with Crippen molar-refractivity contribution in [1.82, 2.24) is 4.31 Å². The number of hydrogen-bond acceptors (Lipinski definition) is 4. The third kappa shape index (κ3) is 3.17. The van der Waals surface area contributed by atoms with Crippen LogP contribution < -0.4 is 0 Å². The molecule has 0 unspecified atom stereocenters. The van der Waals surface area contributed by atoms with Gasteiger partial charge in [-0.15, -0.1) is 0 Å². The van der Waals surface area contributed by atoms with Gasteiger partial charge in [0.05, 0.1) is 11.3 Å². The van der Waals surface area contributed by atoms with Crippen molar-refractivity contribution < 1.29 is 13.2 Å². The van der Waals surface area contributed by atoms with Crippen molar-refractivity contribution in [2.75, 3.05) is 26.3 Å². The molecule has 6 heteroatoms. The molecule has 0 radical (unpaired) electrons. The highest BCUT2D eigenvalue weighted by Gasteiger charge is 2.32. The van der Waals surface area contributed by atoms with E-state index in [2.05, 4.69) is 0 Å². The first-order valence-corrected chi connectivity index (χ1v) is 7.07. The van der Waals surface area contributed by atoms with Gasteiger partial charge in [0.25, 0.3) is 0 Å². The second-order valence-electron chi connectivity index (χ2n) is 3.85. The summed E-state index contributed by atoms with van der Waals surface area (Å²) in [5, 5.41) is 8.27. The SMILES string of the molecule is CCCN(CC#N)S(=O)(=O)C1CCOCC1. The second kappa shape index (κ2) is 6.18. The van der Waals surface area contributed by atoms with Crippen LogP contribution in [0.5, 0.6) is 0 Å². The maximum absolute atomic E-state index is 12.2. The molecule has 1 aliphatic heterocycles. The Morgan fingerprint density at radius 3 is 2.56 bits per heavy atom. The standard InChI is InChI=1S/C10H18N2O3S/c1-2-6-12(7-5-11)16(13,14)10-3-8-15-9-4-10/h10H,2-4,6-9H2,1H3. The van der Waals surface area contributed by atoms with E-state index in [0.717, 1.165) is 6.42 Å². The van der Waals surface area contributed by atoms with Crippen LogP contribution in [0.25, 0.3) is 0 Å². The largest absolute Gasteiger partial charge is 0.381 e. The summed E-state index contributed by atoms with van der Waals surface area (Å²) >= 11 is 0. The highest BCUT2D eigenvalue weighted by Crippen LogP contribution is 2.19. The summed E-state index contributed by atoms with van der Waals surface area (Å²) in [7, 11) is -3.32. The van der Waals surface area contributed by atoms with Crippen molar-refractivity contribution in [1.29, 1.82) is 5.26 Å². The summed E-state index contributed by atoms with van der Waals surface area (Å²) in [6.45, 7) is 3.28. The zero-order chi connectivity index (χ0) is 12.0. The molecule has 0 aromatic carbocycles. The summed E-state index contributed by atoms with van der Waals surface area (Å²) in [6, 6.07) is 1.91. The van der Waals surface area contributed by atoms with E-state index in [0.29, 0.717) is 32.6 Å². The van der Waals surface area contributed by atoms with E-state index in [9.17, 15) is 8.42 Å². The Kier molecular flexibility index (Phi) is 5.19. The normalized spacial score (nSPS) is 18.6. The van der Waals surface area contributed by atoms with Crippen LogP contribution in [0.1, 0.15) is 26.2 Å². The van der Waals surface area contributed by atoms with Crippen LogP contribution >= 0.6 is 0 Å². The molecule has 1 heterocycles. The van der Waals surface area contributed by atoms with E-state index >= 15 is 0 Å². The van der Waals surface area contributed by atoms with Crippen molar-refractivity contribution in [3.05, 3.63) is 0 Å². The fourth-order valence-electron chi connectivity index (χ4n) is 1.81. The van der Waals surface area contributed by atoms with Crippen molar-refractivity contribution in [3.63, 3.8) is 0 Å². The number of hydrogen-bond donors (Lipinski definition) is 0. The van der Waals surface area contributed by atoms with Gasteiger partial charge < -0.3 is 4.74 Å². The van der Waals surface area contributed by atoms with Crippen molar-refractivity contribution in [2.24, 2.45) is 0 Å². The molecule has 0 saturated carbocycles. The van der Waals surface area contributed by atoms with E-state index in [1.807, 2.05) is 13.0 Å². The van der Waals surface area contributed by atoms with Crippen LogP contribution in [0.2, 0.25) is 0 Å². The van der Waals surface area contributed by atoms with E-state index in [4.69, 9.17) is 10.00 Å². The molecule has 0 aliphatic carbocycles. The van der Waals surface area contributed by atoms with Crippen LogP contribution in [0.3, 0.4) is 0 Å². The molecular formula is C10H18N2O3S. The van der Waals surface area contributed by atoms with Gasteiger partial charge in [0.1, 0.15) is 6.54 Å². The quantitative estimate of drug-likeness (QED) is 0.670. The molecule has 0 aromatic heterocycles. The van der Waals surface area contributed by atoms with E-state index in [1.54, 1.807) is 0 Å². The lowest BCUT2D eigenvalue weighted by molar-refractivity contribution is 0.0973. The molecule has 0 spiro atoms. The molecule has 0 aromatic rings. The maximum atomic E-state index is 12.2. The average molecular weight is 246 g/mol. The number of nitrogens with zero attached hydrogens (tertiary/aromatic N) is 2. The molecule has 1 fully saturated rings. The Morgan fingerprint density at radius 2 is 2.06 bits per heavy atom. The molecule has 0 bridgehead atoms. The summed E-state index contributed by atoms with van der Waals surface area (Å²) < 4.78 is 30.8. The smallest absolute Gasteiger partial charge is 0.218 e. The first kappa shape index (κ1) is 13.4. The van der Waals surface area contributed by atoms with Gasteiger partial charge in [-0.3, -0.25) is 0 Å². The highest BCUT2D eigenvalue weighted by molar-refractivity contribution is 7.89. The van der Waals surface area contributed by atoms with Crippen molar-refractivity contribution >= 4 is 10.0 Å². The topological polar surface area (TPSA) is 70.4 Å². The lowest BCUT2D eigenvalue weighted by atomic mass is 10.2. The third-order valence-corrected chi connectivity index (χ3v) is 5.01. The minimum atomic E-state index is -3.32. The number of sulfonamides is 1. The maximum Gasteiger partial charge on any atom is 0.218 e. The van der Waals surface area contributed by atoms with Crippen LogP contribution in [-0.4, -0.2) is 44.3 Å². The zero-order valence-corrected chi connectivity index (χ0v) is 10.4. The van der Waals surface area contributed by atoms with Crippen LogP contribution in [0, 0.1) is 11.3 Å². The lowest BCUT2D eigenvalue weighted by Gasteiger charge is -2.27. The van der Waals surface area contributed by atoms with Gasteiger partial charge >= 0.3 is 0 Å². The fraction of sp³-hybridized carbons (Fsp3) is 0.900. The van der Waals surface area contributed by atoms with Crippen molar-refractivity contribution in [2.45, 2.75) is 31.4 Å². The van der Waals surface area contributed by atoms with Gasteiger partial charge in [-0.05, 0) is 19.3 Å². The van der Waals surface area contributed by atoms with E-state index < -0.39 is 10.0 Å². The minimum Gasteiger partial charge on any atom is -0.381 e. The predicted molar refractivity (Wildman–Crippen MR) is 60.2 cm³/mol. The van der Waals surface area contributed by atoms with Gasteiger partial charge in [0.15, 0.2) is 0 Å². The Balaban J connectivity index is 2.75. The average Bonchev–Trinajstić information content (AvgIpc) is 2.30. The number of rotatable bonds is 5. The molecule has 1 saturated heterocycles. The Hall–Kier alpha value is -0.640. The van der Waals surface area contributed by atoms with Crippen molar-refractivity contribution in [3.8, 4) is 6.07 Å². The zero-order valence-electron chi connectivity index (χ0n) is 9.55. The van der Waals surface area contributed by atoms with Gasteiger partial charge in [-0.25, -0.2) is 8.42 Å². The van der Waals surface area contributed by atoms with Gasteiger partial charge in [0, 0.05) is 19.8 Å². The number of nitriles is 1. The van der Waals surface area contributed by atoms with Crippen LogP contribution in [0.15, 0.2) is 0 Å².